The lowest BCUT2D eigenvalue weighted by atomic mass is 10.3. The quantitative estimate of drug-likeness (QED) is 0.874. The lowest BCUT2D eigenvalue weighted by molar-refractivity contribution is 0.419. The van der Waals surface area contributed by atoms with Crippen molar-refractivity contribution in [1.29, 1.82) is 0 Å². The van der Waals surface area contributed by atoms with Crippen molar-refractivity contribution < 1.29 is 8.91 Å². The van der Waals surface area contributed by atoms with Gasteiger partial charge in [0.15, 0.2) is 0 Å². The molecule has 0 saturated carbocycles. The van der Waals surface area contributed by atoms with Crippen molar-refractivity contribution in [3.05, 3.63) is 47.1 Å². The van der Waals surface area contributed by atoms with Gasteiger partial charge >= 0.3 is 0 Å². The third-order valence-corrected chi connectivity index (χ3v) is 2.21. The second-order valence-corrected chi connectivity index (χ2v) is 3.42. The van der Waals surface area contributed by atoms with Gasteiger partial charge in [0.2, 0.25) is 0 Å². The van der Waals surface area contributed by atoms with Crippen LogP contribution in [0.2, 0.25) is 5.02 Å². The molecule has 2 aromatic rings. The van der Waals surface area contributed by atoms with Gasteiger partial charge in [-0.1, -0.05) is 16.8 Å². The predicted molar refractivity (Wildman–Crippen MR) is 55.2 cm³/mol. The van der Waals surface area contributed by atoms with Crippen LogP contribution >= 0.6 is 11.6 Å². The topological polar surface area (TPSA) is 38.1 Å². The summed E-state index contributed by atoms with van der Waals surface area (Å²) in [6.07, 6.45) is 3.13. The minimum absolute atomic E-state index is 0.351. The lowest BCUT2D eigenvalue weighted by Crippen LogP contribution is -1.98. The molecule has 0 fully saturated rings. The van der Waals surface area contributed by atoms with Crippen LogP contribution in [0.15, 0.2) is 35.2 Å². The van der Waals surface area contributed by atoms with E-state index in [0.717, 1.165) is 5.56 Å². The maximum atomic E-state index is 12.7. The Morgan fingerprint density at radius 2 is 2.33 bits per heavy atom. The number of aromatic nitrogens is 1. The van der Waals surface area contributed by atoms with Gasteiger partial charge in [-0.15, -0.1) is 0 Å². The molecule has 0 aliphatic rings. The number of hydrogen-bond donors (Lipinski definition) is 1. The van der Waals surface area contributed by atoms with Crippen LogP contribution in [0, 0.1) is 5.82 Å². The van der Waals surface area contributed by atoms with Gasteiger partial charge in [0.05, 0.1) is 16.9 Å². The molecule has 0 unspecified atom stereocenters. The maximum Gasteiger partial charge on any atom is 0.128 e. The van der Waals surface area contributed by atoms with Crippen molar-refractivity contribution in [1.82, 2.24) is 5.16 Å². The largest absolute Gasteiger partial charge is 0.380 e. The standard InChI is InChI=1S/C10H8ClFN2O/c11-9-3-8(12)1-2-10(9)13-4-7-5-14-15-6-7/h1-3,5-6,13H,4H2. The molecule has 5 heteroatoms. The first-order valence-corrected chi connectivity index (χ1v) is 4.70. The Balaban J connectivity index is 2.05. The highest BCUT2D eigenvalue weighted by Gasteiger charge is 2.02. The van der Waals surface area contributed by atoms with Crippen molar-refractivity contribution in [2.24, 2.45) is 0 Å². The van der Waals surface area contributed by atoms with Crippen LogP contribution in [0.5, 0.6) is 0 Å². The molecule has 78 valence electrons. The third kappa shape index (κ3) is 2.47. The van der Waals surface area contributed by atoms with Gasteiger partial charge in [-0.3, -0.25) is 0 Å². The minimum Gasteiger partial charge on any atom is -0.380 e. The summed E-state index contributed by atoms with van der Waals surface area (Å²) in [6.45, 7) is 0.537. The van der Waals surface area contributed by atoms with Crippen LogP contribution in [0.4, 0.5) is 10.1 Å². The van der Waals surface area contributed by atoms with Crippen LogP contribution < -0.4 is 5.32 Å². The van der Waals surface area contributed by atoms with Crippen LogP contribution in [-0.4, -0.2) is 5.16 Å². The lowest BCUT2D eigenvalue weighted by Gasteiger charge is -2.06. The summed E-state index contributed by atoms with van der Waals surface area (Å²) in [7, 11) is 0. The molecule has 0 radical (unpaired) electrons. The normalized spacial score (nSPS) is 10.3. The summed E-state index contributed by atoms with van der Waals surface area (Å²) in [5, 5.41) is 6.96. The Morgan fingerprint density at radius 3 is 3.00 bits per heavy atom. The molecular formula is C10H8ClFN2O. The molecule has 0 aliphatic heterocycles. The van der Waals surface area contributed by atoms with Crippen molar-refractivity contribution in [3.8, 4) is 0 Å². The first-order chi connectivity index (χ1) is 7.25. The van der Waals surface area contributed by atoms with Crippen LogP contribution in [-0.2, 0) is 6.54 Å². The van der Waals surface area contributed by atoms with E-state index < -0.39 is 0 Å². The fourth-order valence-electron chi connectivity index (χ4n) is 1.14. The monoisotopic (exact) mass is 226 g/mol. The van der Waals surface area contributed by atoms with Crippen LogP contribution in [0.3, 0.4) is 0 Å². The molecule has 0 bridgehead atoms. The summed E-state index contributed by atoms with van der Waals surface area (Å²) >= 11 is 5.83. The average Bonchev–Trinajstić information content (AvgIpc) is 2.69. The van der Waals surface area contributed by atoms with E-state index in [-0.39, 0.29) is 5.82 Å². The van der Waals surface area contributed by atoms with Crippen LogP contribution in [0.25, 0.3) is 0 Å². The van der Waals surface area contributed by atoms with Crippen molar-refractivity contribution >= 4 is 17.3 Å². The summed E-state index contributed by atoms with van der Waals surface area (Å²) in [5.41, 5.74) is 1.58. The highest BCUT2D eigenvalue weighted by molar-refractivity contribution is 6.33. The number of benzene rings is 1. The second kappa shape index (κ2) is 4.31. The fourth-order valence-corrected chi connectivity index (χ4v) is 1.38. The highest BCUT2D eigenvalue weighted by Crippen LogP contribution is 2.22. The van der Waals surface area contributed by atoms with Gasteiger partial charge in [0, 0.05) is 12.1 Å². The molecule has 0 saturated heterocycles. The summed E-state index contributed by atoms with van der Waals surface area (Å²) in [4.78, 5) is 0. The molecule has 15 heavy (non-hydrogen) atoms. The van der Waals surface area contributed by atoms with E-state index in [2.05, 4.69) is 15.0 Å². The summed E-state index contributed by atoms with van der Waals surface area (Å²) < 4.78 is 17.4. The van der Waals surface area contributed by atoms with E-state index in [1.54, 1.807) is 12.3 Å². The zero-order chi connectivity index (χ0) is 10.7. The SMILES string of the molecule is Fc1ccc(NCc2cnoc2)c(Cl)c1. The summed E-state index contributed by atoms with van der Waals surface area (Å²) in [6, 6.07) is 4.20. The maximum absolute atomic E-state index is 12.7. The van der Waals surface area contributed by atoms with E-state index in [0.29, 0.717) is 17.3 Å². The highest BCUT2D eigenvalue weighted by atomic mass is 35.5. The molecule has 0 spiro atoms. The molecular weight excluding hydrogens is 219 g/mol. The molecule has 1 N–H and O–H groups in total. The van der Waals surface area contributed by atoms with E-state index in [4.69, 9.17) is 11.6 Å². The smallest absolute Gasteiger partial charge is 0.128 e. The zero-order valence-electron chi connectivity index (χ0n) is 7.71. The van der Waals surface area contributed by atoms with E-state index in [1.807, 2.05) is 0 Å². The first-order valence-electron chi connectivity index (χ1n) is 4.33. The van der Waals surface area contributed by atoms with Gasteiger partial charge < -0.3 is 9.84 Å². The second-order valence-electron chi connectivity index (χ2n) is 3.01. The van der Waals surface area contributed by atoms with E-state index in [9.17, 15) is 4.39 Å². The van der Waals surface area contributed by atoms with Gasteiger partial charge in [-0.05, 0) is 18.2 Å². The molecule has 0 amide bonds. The molecule has 1 aromatic heterocycles. The molecule has 0 atom stereocenters. The Hall–Kier alpha value is -1.55. The Labute approximate surface area is 90.8 Å². The number of rotatable bonds is 3. The molecule has 1 heterocycles. The van der Waals surface area contributed by atoms with Crippen molar-refractivity contribution in [3.63, 3.8) is 0 Å². The first kappa shape index (κ1) is 9.98. The molecule has 0 aliphatic carbocycles. The molecule has 2 rings (SSSR count). The zero-order valence-corrected chi connectivity index (χ0v) is 8.46. The molecule has 3 nitrogen and oxygen atoms in total. The Kier molecular flexibility index (Phi) is 2.87. The number of anilines is 1. The van der Waals surface area contributed by atoms with Gasteiger partial charge in [-0.2, -0.15) is 0 Å². The Bertz CT molecular complexity index is 445. The van der Waals surface area contributed by atoms with Gasteiger partial charge in [0.1, 0.15) is 12.1 Å². The van der Waals surface area contributed by atoms with E-state index >= 15 is 0 Å². The van der Waals surface area contributed by atoms with Crippen molar-refractivity contribution in [2.75, 3.05) is 5.32 Å². The molecule has 1 aromatic carbocycles. The number of nitrogens with one attached hydrogen (secondary N) is 1. The van der Waals surface area contributed by atoms with Gasteiger partial charge in [0.25, 0.3) is 0 Å². The van der Waals surface area contributed by atoms with Crippen molar-refractivity contribution in [2.45, 2.75) is 6.54 Å². The van der Waals surface area contributed by atoms with E-state index in [1.165, 1.54) is 18.4 Å². The third-order valence-electron chi connectivity index (χ3n) is 1.90. The van der Waals surface area contributed by atoms with Crippen LogP contribution in [0.1, 0.15) is 5.56 Å². The van der Waals surface area contributed by atoms with Gasteiger partial charge in [-0.25, -0.2) is 4.39 Å². The number of halogens is 2. The number of nitrogens with zero attached hydrogens (tertiary/aromatic N) is 1. The average molecular weight is 227 g/mol. The summed E-state index contributed by atoms with van der Waals surface area (Å²) in [5.74, 6) is -0.351. The number of hydrogen-bond acceptors (Lipinski definition) is 3. The fraction of sp³-hybridized carbons (Fsp3) is 0.100. The minimum atomic E-state index is -0.351. The predicted octanol–water partition coefficient (Wildman–Crippen LogP) is 3.08. The Morgan fingerprint density at radius 1 is 1.47 bits per heavy atom.